The van der Waals surface area contributed by atoms with Crippen LogP contribution in [0.4, 0.5) is 5.69 Å². The fourth-order valence-corrected chi connectivity index (χ4v) is 4.47. The minimum atomic E-state index is -3.72. The van der Waals surface area contributed by atoms with Crippen molar-refractivity contribution in [1.82, 2.24) is 5.32 Å². The maximum absolute atomic E-state index is 12.9. The van der Waals surface area contributed by atoms with Crippen molar-refractivity contribution in [3.8, 4) is 17.2 Å². The van der Waals surface area contributed by atoms with Gasteiger partial charge in [0.1, 0.15) is 25.0 Å². The molecule has 0 saturated carbocycles. The minimum absolute atomic E-state index is 0.353. The molecule has 1 aliphatic heterocycles. The van der Waals surface area contributed by atoms with E-state index in [2.05, 4.69) is 5.32 Å². The molecule has 1 N–H and O–H groups in total. The zero-order valence-corrected chi connectivity index (χ0v) is 18.2. The number of anilines is 1. The number of methoxy groups -OCH3 is 1. The molecule has 0 saturated heterocycles. The van der Waals surface area contributed by atoms with Gasteiger partial charge in [0.25, 0.3) is 0 Å². The van der Waals surface area contributed by atoms with E-state index in [0.29, 0.717) is 36.1 Å². The van der Waals surface area contributed by atoms with Gasteiger partial charge in [0.2, 0.25) is 15.9 Å². The third-order valence-corrected chi connectivity index (χ3v) is 6.06. The Morgan fingerprint density at radius 2 is 1.80 bits per heavy atom. The van der Waals surface area contributed by atoms with E-state index in [4.69, 9.17) is 14.2 Å². The monoisotopic (exact) mass is 434 g/mol. The smallest absolute Gasteiger partial charge is 0.244 e. The number of sulfonamides is 1. The van der Waals surface area contributed by atoms with Crippen molar-refractivity contribution < 1.29 is 27.4 Å². The highest BCUT2D eigenvalue weighted by Gasteiger charge is 2.30. The molecule has 2 atom stereocenters. The third-order valence-electron chi connectivity index (χ3n) is 4.82. The number of carbonyl (C=O) groups excluding carboxylic acids is 1. The topological polar surface area (TPSA) is 94.2 Å². The molecule has 1 aliphatic rings. The molecule has 0 spiro atoms. The maximum atomic E-state index is 12.9. The number of nitrogens with zero attached hydrogens (tertiary/aromatic N) is 1. The summed E-state index contributed by atoms with van der Waals surface area (Å²) in [4.78, 5) is 12.9. The predicted molar refractivity (Wildman–Crippen MR) is 114 cm³/mol. The number of hydrogen-bond donors (Lipinski definition) is 1. The van der Waals surface area contributed by atoms with Gasteiger partial charge in [-0.3, -0.25) is 9.10 Å². The van der Waals surface area contributed by atoms with Crippen molar-refractivity contribution in [2.75, 3.05) is 30.9 Å². The van der Waals surface area contributed by atoms with Crippen LogP contribution in [0.1, 0.15) is 25.5 Å². The predicted octanol–water partition coefficient (Wildman–Crippen LogP) is 2.50. The highest BCUT2D eigenvalue weighted by Crippen LogP contribution is 2.32. The number of nitrogens with one attached hydrogen (secondary N) is 1. The van der Waals surface area contributed by atoms with Crippen LogP contribution in [-0.4, -0.2) is 46.9 Å². The van der Waals surface area contributed by atoms with Crippen molar-refractivity contribution >= 4 is 21.6 Å². The molecule has 1 heterocycles. The average molecular weight is 435 g/mol. The van der Waals surface area contributed by atoms with Crippen molar-refractivity contribution in [2.24, 2.45) is 0 Å². The highest BCUT2D eigenvalue weighted by atomic mass is 32.2. The molecule has 0 aliphatic carbocycles. The van der Waals surface area contributed by atoms with Crippen LogP contribution in [0.15, 0.2) is 42.5 Å². The van der Waals surface area contributed by atoms with Crippen LogP contribution in [0.3, 0.4) is 0 Å². The largest absolute Gasteiger partial charge is 0.497 e. The van der Waals surface area contributed by atoms with Crippen LogP contribution in [0.5, 0.6) is 17.2 Å². The molecular formula is C21H26N2O6S. The van der Waals surface area contributed by atoms with Crippen molar-refractivity contribution in [3.05, 3.63) is 48.0 Å². The molecule has 1 amide bonds. The van der Waals surface area contributed by atoms with Gasteiger partial charge in [-0.1, -0.05) is 12.1 Å². The summed E-state index contributed by atoms with van der Waals surface area (Å²) in [5, 5.41) is 2.88. The van der Waals surface area contributed by atoms with Gasteiger partial charge in [-0.2, -0.15) is 0 Å². The Kier molecular flexibility index (Phi) is 6.40. The summed E-state index contributed by atoms with van der Waals surface area (Å²) in [6.07, 6.45) is 1.07. The lowest BCUT2D eigenvalue weighted by atomic mass is 10.1. The van der Waals surface area contributed by atoms with E-state index in [1.54, 1.807) is 37.3 Å². The molecule has 2 aromatic carbocycles. The Balaban J connectivity index is 1.80. The van der Waals surface area contributed by atoms with E-state index < -0.39 is 22.0 Å². The Bertz CT molecular complexity index is 1020. The molecular weight excluding hydrogens is 408 g/mol. The zero-order valence-electron chi connectivity index (χ0n) is 17.4. The van der Waals surface area contributed by atoms with Gasteiger partial charge < -0.3 is 19.5 Å². The molecule has 0 radical (unpaired) electrons. The molecule has 0 bridgehead atoms. The van der Waals surface area contributed by atoms with Crippen LogP contribution in [0.25, 0.3) is 0 Å². The van der Waals surface area contributed by atoms with Crippen molar-refractivity contribution in [3.63, 3.8) is 0 Å². The number of amides is 1. The van der Waals surface area contributed by atoms with E-state index in [1.165, 1.54) is 7.11 Å². The first-order valence-corrected chi connectivity index (χ1v) is 11.4. The lowest BCUT2D eigenvalue weighted by molar-refractivity contribution is -0.122. The quantitative estimate of drug-likeness (QED) is 0.720. The van der Waals surface area contributed by atoms with Crippen LogP contribution in [0, 0.1) is 0 Å². The Morgan fingerprint density at radius 3 is 2.47 bits per heavy atom. The second-order valence-electron chi connectivity index (χ2n) is 7.07. The summed E-state index contributed by atoms with van der Waals surface area (Å²) in [6, 6.07) is 10.7. The van der Waals surface area contributed by atoms with Crippen LogP contribution in [0.2, 0.25) is 0 Å². The number of benzene rings is 2. The maximum Gasteiger partial charge on any atom is 0.244 e. The Labute approximate surface area is 176 Å². The molecule has 8 nitrogen and oxygen atoms in total. The van der Waals surface area contributed by atoms with E-state index in [0.717, 1.165) is 16.1 Å². The summed E-state index contributed by atoms with van der Waals surface area (Å²) >= 11 is 0. The lowest BCUT2D eigenvalue weighted by Gasteiger charge is -2.29. The zero-order chi connectivity index (χ0) is 21.9. The molecule has 0 fully saturated rings. The van der Waals surface area contributed by atoms with Crippen molar-refractivity contribution in [1.29, 1.82) is 0 Å². The summed E-state index contributed by atoms with van der Waals surface area (Å²) < 4.78 is 42.3. The number of rotatable bonds is 7. The molecule has 2 unspecified atom stereocenters. The van der Waals surface area contributed by atoms with Gasteiger partial charge in [-0.15, -0.1) is 0 Å². The van der Waals surface area contributed by atoms with Crippen LogP contribution in [-0.2, 0) is 14.8 Å². The second kappa shape index (κ2) is 8.83. The Morgan fingerprint density at radius 1 is 1.10 bits per heavy atom. The van der Waals surface area contributed by atoms with Crippen LogP contribution >= 0.6 is 0 Å². The van der Waals surface area contributed by atoms with E-state index in [1.807, 2.05) is 19.1 Å². The minimum Gasteiger partial charge on any atom is -0.497 e. The van der Waals surface area contributed by atoms with Crippen LogP contribution < -0.4 is 23.8 Å². The molecule has 0 aromatic heterocycles. The molecule has 162 valence electrons. The SMILES string of the molecule is COc1cccc(N(C(C)C(=O)NC(C)c2ccc3c(c2)OCCO3)S(C)(=O)=O)c1. The van der Waals surface area contributed by atoms with Gasteiger partial charge in [0, 0.05) is 6.07 Å². The number of ether oxygens (including phenoxy) is 3. The van der Waals surface area contributed by atoms with Crippen molar-refractivity contribution in [2.45, 2.75) is 25.9 Å². The van der Waals surface area contributed by atoms with Gasteiger partial charge in [-0.05, 0) is 43.7 Å². The normalized spacial score (nSPS) is 15.1. The lowest BCUT2D eigenvalue weighted by Crippen LogP contribution is -2.48. The molecule has 3 rings (SSSR count). The second-order valence-corrected chi connectivity index (χ2v) is 8.93. The summed E-state index contributed by atoms with van der Waals surface area (Å²) in [6.45, 7) is 4.35. The molecule has 2 aromatic rings. The van der Waals surface area contributed by atoms with Gasteiger partial charge in [-0.25, -0.2) is 8.42 Å². The first kappa shape index (κ1) is 21.8. The highest BCUT2D eigenvalue weighted by molar-refractivity contribution is 7.92. The molecule has 9 heteroatoms. The van der Waals surface area contributed by atoms with Gasteiger partial charge in [0.05, 0.1) is 25.1 Å². The third kappa shape index (κ3) is 4.79. The average Bonchev–Trinajstić information content (AvgIpc) is 2.72. The number of carbonyl (C=O) groups is 1. The summed E-state index contributed by atoms with van der Waals surface area (Å²) in [5.74, 6) is 1.37. The summed E-state index contributed by atoms with van der Waals surface area (Å²) in [5.41, 5.74) is 1.18. The number of hydrogen-bond acceptors (Lipinski definition) is 6. The van der Waals surface area contributed by atoms with Gasteiger partial charge >= 0.3 is 0 Å². The molecule has 30 heavy (non-hydrogen) atoms. The number of fused-ring (bicyclic) bond motifs is 1. The van der Waals surface area contributed by atoms with Gasteiger partial charge in [0.15, 0.2) is 11.5 Å². The first-order chi connectivity index (χ1) is 14.2. The first-order valence-electron chi connectivity index (χ1n) is 9.54. The fourth-order valence-electron chi connectivity index (χ4n) is 3.30. The standard InChI is InChI=1S/C21H26N2O6S/c1-14(16-8-9-19-20(12-16)29-11-10-28-19)22-21(24)15(2)23(30(4,25)26)17-6-5-7-18(13-17)27-3/h5-9,12-15H,10-11H2,1-4H3,(H,22,24). The Hall–Kier alpha value is -2.94. The van der Waals surface area contributed by atoms with E-state index in [-0.39, 0.29) is 6.04 Å². The summed E-state index contributed by atoms with van der Waals surface area (Å²) in [7, 11) is -2.22. The fraction of sp³-hybridized carbons (Fsp3) is 0.381. The van der Waals surface area contributed by atoms with E-state index >= 15 is 0 Å². The van der Waals surface area contributed by atoms with E-state index in [9.17, 15) is 13.2 Å².